The molecule has 1 aliphatic heterocycles. The van der Waals surface area contributed by atoms with E-state index in [4.69, 9.17) is 4.74 Å². The molecule has 2 amide bonds. The fraction of sp³-hybridized carbons (Fsp3) is 0.550. The summed E-state index contributed by atoms with van der Waals surface area (Å²) in [4.78, 5) is 38.0. The second-order valence-corrected chi connectivity index (χ2v) is 6.67. The van der Waals surface area contributed by atoms with Crippen LogP contribution in [-0.2, 0) is 25.5 Å². The highest BCUT2D eigenvalue weighted by Crippen LogP contribution is 2.21. The third kappa shape index (κ3) is 5.07. The number of rotatable bonds is 8. The Labute approximate surface area is 154 Å². The largest absolute Gasteiger partial charge is 0.464 e. The Bertz CT molecular complexity index is 642. The predicted molar refractivity (Wildman–Crippen MR) is 99.8 cm³/mol. The monoisotopic (exact) mass is 360 g/mol. The number of nitrogens with one attached hydrogen (secondary N) is 1. The van der Waals surface area contributed by atoms with Crippen LogP contribution in [0.3, 0.4) is 0 Å². The average Bonchev–Trinajstić information content (AvgIpc) is 3.06. The maximum absolute atomic E-state index is 12.4. The number of hydrogen-bond donors (Lipinski definition) is 1. The van der Waals surface area contributed by atoms with Crippen LogP contribution in [0, 0.1) is 5.92 Å². The number of nitrogens with zero attached hydrogens (tertiary/aromatic N) is 1. The zero-order chi connectivity index (χ0) is 19.1. The molecule has 26 heavy (non-hydrogen) atoms. The molecule has 1 heterocycles. The molecule has 6 heteroatoms. The van der Waals surface area contributed by atoms with Crippen LogP contribution in [0.5, 0.6) is 0 Å². The van der Waals surface area contributed by atoms with Crippen molar-refractivity contribution in [3.63, 3.8) is 0 Å². The Morgan fingerprint density at radius 2 is 1.92 bits per heavy atom. The van der Waals surface area contributed by atoms with E-state index >= 15 is 0 Å². The molecule has 0 spiro atoms. The number of benzene rings is 1. The number of carbonyl (C=O) groups is 3. The van der Waals surface area contributed by atoms with Gasteiger partial charge < -0.3 is 15.0 Å². The zero-order valence-corrected chi connectivity index (χ0v) is 15.8. The van der Waals surface area contributed by atoms with Crippen LogP contribution in [0.15, 0.2) is 24.3 Å². The summed E-state index contributed by atoms with van der Waals surface area (Å²) in [6.07, 6.45) is 2.42. The van der Waals surface area contributed by atoms with E-state index < -0.39 is 12.0 Å². The lowest BCUT2D eigenvalue weighted by Crippen LogP contribution is -2.46. The first-order valence-corrected chi connectivity index (χ1v) is 9.31. The normalized spacial score (nSPS) is 16.3. The third-order valence-electron chi connectivity index (χ3n) is 4.76. The topological polar surface area (TPSA) is 75.7 Å². The maximum atomic E-state index is 12.4. The van der Waals surface area contributed by atoms with Gasteiger partial charge in [0.05, 0.1) is 13.0 Å². The summed E-state index contributed by atoms with van der Waals surface area (Å²) in [5, 5.41) is 2.80. The molecule has 1 fully saturated rings. The third-order valence-corrected chi connectivity index (χ3v) is 4.76. The SMILES string of the molecule is CCOC(=O)C(NC(=O)Cc1ccc(N2CCCC2=O)cc1)C(C)CC. The zero-order valence-electron chi connectivity index (χ0n) is 15.8. The Hall–Kier alpha value is -2.37. The first kappa shape index (κ1) is 19.9. The second kappa shape index (κ2) is 9.36. The summed E-state index contributed by atoms with van der Waals surface area (Å²) < 4.78 is 5.07. The maximum Gasteiger partial charge on any atom is 0.328 e. The smallest absolute Gasteiger partial charge is 0.328 e. The molecular weight excluding hydrogens is 332 g/mol. The van der Waals surface area contributed by atoms with Gasteiger partial charge in [0.15, 0.2) is 0 Å². The van der Waals surface area contributed by atoms with E-state index in [1.54, 1.807) is 11.8 Å². The van der Waals surface area contributed by atoms with Gasteiger partial charge in [-0.1, -0.05) is 32.4 Å². The van der Waals surface area contributed by atoms with Gasteiger partial charge in [0.25, 0.3) is 0 Å². The van der Waals surface area contributed by atoms with Crippen LogP contribution in [0.1, 0.15) is 45.6 Å². The van der Waals surface area contributed by atoms with Gasteiger partial charge in [0, 0.05) is 18.7 Å². The van der Waals surface area contributed by atoms with Crippen molar-refractivity contribution < 1.29 is 19.1 Å². The van der Waals surface area contributed by atoms with Gasteiger partial charge in [-0.15, -0.1) is 0 Å². The number of carbonyl (C=O) groups excluding carboxylic acids is 3. The molecule has 0 saturated carbocycles. The fourth-order valence-corrected chi connectivity index (χ4v) is 3.03. The molecule has 1 N–H and O–H groups in total. The lowest BCUT2D eigenvalue weighted by atomic mass is 9.99. The molecule has 1 saturated heterocycles. The second-order valence-electron chi connectivity index (χ2n) is 6.67. The van der Waals surface area contributed by atoms with E-state index in [-0.39, 0.29) is 24.2 Å². The number of ether oxygens (including phenoxy) is 1. The minimum atomic E-state index is -0.631. The summed E-state index contributed by atoms with van der Waals surface area (Å²) in [5.74, 6) is -0.464. The Balaban J connectivity index is 1.97. The first-order valence-electron chi connectivity index (χ1n) is 9.31. The van der Waals surface area contributed by atoms with Crippen LogP contribution < -0.4 is 10.2 Å². The van der Waals surface area contributed by atoms with Gasteiger partial charge >= 0.3 is 5.97 Å². The van der Waals surface area contributed by atoms with Gasteiger partial charge in [-0.25, -0.2) is 4.79 Å². The van der Waals surface area contributed by atoms with Crippen LogP contribution in [-0.4, -0.2) is 37.0 Å². The summed E-state index contributed by atoms with van der Waals surface area (Å²) in [7, 11) is 0. The highest BCUT2D eigenvalue weighted by Gasteiger charge is 2.27. The van der Waals surface area contributed by atoms with Crippen molar-refractivity contribution in [1.29, 1.82) is 0 Å². The Morgan fingerprint density at radius 1 is 1.23 bits per heavy atom. The minimum absolute atomic E-state index is 0.00144. The molecule has 2 rings (SSSR count). The van der Waals surface area contributed by atoms with Crippen molar-refractivity contribution in [2.75, 3.05) is 18.1 Å². The van der Waals surface area contributed by atoms with Crippen molar-refractivity contribution >= 4 is 23.5 Å². The van der Waals surface area contributed by atoms with Gasteiger partial charge in [0.2, 0.25) is 11.8 Å². The van der Waals surface area contributed by atoms with Gasteiger partial charge in [-0.05, 0) is 37.0 Å². The molecule has 2 atom stereocenters. The summed E-state index contributed by atoms with van der Waals surface area (Å²) >= 11 is 0. The van der Waals surface area contributed by atoms with E-state index in [9.17, 15) is 14.4 Å². The molecule has 1 aromatic rings. The van der Waals surface area contributed by atoms with E-state index in [1.807, 2.05) is 38.1 Å². The fourth-order valence-electron chi connectivity index (χ4n) is 3.03. The van der Waals surface area contributed by atoms with Gasteiger partial charge in [0.1, 0.15) is 6.04 Å². The van der Waals surface area contributed by atoms with Crippen LogP contribution >= 0.6 is 0 Å². The summed E-state index contributed by atoms with van der Waals surface area (Å²) in [5.41, 5.74) is 1.70. The van der Waals surface area contributed by atoms with E-state index in [2.05, 4.69) is 5.32 Å². The number of anilines is 1. The van der Waals surface area contributed by atoms with Gasteiger partial charge in [-0.3, -0.25) is 9.59 Å². The first-order chi connectivity index (χ1) is 12.5. The summed E-state index contributed by atoms with van der Waals surface area (Å²) in [6, 6.07) is 6.80. The molecule has 0 aliphatic carbocycles. The highest BCUT2D eigenvalue weighted by atomic mass is 16.5. The van der Waals surface area contributed by atoms with Crippen LogP contribution in [0.4, 0.5) is 5.69 Å². The highest BCUT2D eigenvalue weighted by molar-refractivity contribution is 5.95. The minimum Gasteiger partial charge on any atom is -0.464 e. The number of hydrogen-bond acceptors (Lipinski definition) is 4. The van der Waals surface area contributed by atoms with Crippen LogP contribution in [0.2, 0.25) is 0 Å². The van der Waals surface area contributed by atoms with Crippen molar-refractivity contribution in [3.05, 3.63) is 29.8 Å². The average molecular weight is 360 g/mol. The quantitative estimate of drug-likeness (QED) is 0.723. The summed E-state index contributed by atoms with van der Waals surface area (Å²) in [6.45, 7) is 6.68. The molecule has 2 unspecified atom stereocenters. The molecule has 1 aromatic carbocycles. The number of esters is 1. The molecular formula is C20H28N2O4. The van der Waals surface area contributed by atoms with Crippen molar-refractivity contribution in [1.82, 2.24) is 5.32 Å². The van der Waals surface area contributed by atoms with Crippen LogP contribution in [0.25, 0.3) is 0 Å². The van der Waals surface area contributed by atoms with Crippen molar-refractivity contribution in [2.45, 2.75) is 52.5 Å². The van der Waals surface area contributed by atoms with Gasteiger partial charge in [-0.2, -0.15) is 0 Å². The number of amides is 2. The lowest BCUT2D eigenvalue weighted by Gasteiger charge is -2.22. The lowest BCUT2D eigenvalue weighted by molar-refractivity contribution is -0.148. The van der Waals surface area contributed by atoms with Crippen molar-refractivity contribution in [3.8, 4) is 0 Å². The Kier molecular flexibility index (Phi) is 7.18. The van der Waals surface area contributed by atoms with Crippen molar-refractivity contribution in [2.24, 2.45) is 5.92 Å². The molecule has 0 aromatic heterocycles. The molecule has 142 valence electrons. The van der Waals surface area contributed by atoms with E-state index in [0.29, 0.717) is 13.0 Å². The predicted octanol–water partition coefficient (Wildman–Crippen LogP) is 2.45. The molecule has 6 nitrogen and oxygen atoms in total. The standard InChI is InChI=1S/C20H28N2O4/c1-4-14(3)19(20(25)26-5-2)21-17(23)13-15-8-10-16(11-9-15)22-12-6-7-18(22)24/h8-11,14,19H,4-7,12-13H2,1-3H3,(H,21,23). The molecule has 1 aliphatic rings. The van der Waals surface area contributed by atoms with E-state index in [0.717, 1.165) is 30.6 Å². The Morgan fingerprint density at radius 3 is 2.46 bits per heavy atom. The van der Waals surface area contributed by atoms with E-state index in [1.165, 1.54) is 0 Å². The molecule has 0 bridgehead atoms. The molecule has 0 radical (unpaired) electrons.